The molecular weight excluding hydrogens is 420 g/mol. The molecule has 1 radical (unpaired) electrons. The van der Waals surface area contributed by atoms with E-state index in [4.69, 9.17) is 4.65 Å². The van der Waals surface area contributed by atoms with E-state index in [2.05, 4.69) is 12.6 Å². The Hall–Kier alpha value is -2.01. The van der Waals surface area contributed by atoms with E-state index in [-0.39, 0.29) is 5.52 Å². The zero-order valence-electron chi connectivity index (χ0n) is 17.9. The summed E-state index contributed by atoms with van der Waals surface area (Å²) in [6, 6.07) is 2.98. The lowest BCUT2D eigenvalue weighted by Gasteiger charge is -2.38. The third-order valence-electron chi connectivity index (χ3n) is 4.85. The molecule has 0 saturated carbocycles. The second-order valence-corrected chi connectivity index (χ2v) is 8.53. The van der Waals surface area contributed by atoms with Gasteiger partial charge in [0, 0.05) is 34.8 Å². The molecule has 0 bridgehead atoms. The predicted octanol–water partition coefficient (Wildman–Crippen LogP) is 4.24. The number of thiol groups is 1. The number of aromatic nitrogens is 1. The Bertz CT molecular complexity index is 998. The van der Waals surface area contributed by atoms with Gasteiger partial charge in [0.05, 0.1) is 21.6 Å². The van der Waals surface area contributed by atoms with Crippen LogP contribution in [0.2, 0.25) is 0 Å². The van der Waals surface area contributed by atoms with Crippen LogP contribution >= 0.6 is 12.6 Å². The van der Waals surface area contributed by atoms with Crippen LogP contribution in [0.1, 0.15) is 47.1 Å². The van der Waals surface area contributed by atoms with Gasteiger partial charge >= 0.3 is 13.7 Å². The summed E-state index contributed by atoms with van der Waals surface area (Å²) in [7, 11) is 2.06. The van der Waals surface area contributed by atoms with Crippen LogP contribution in [-0.2, 0) is 17.9 Å². The van der Waals surface area contributed by atoms with Crippen LogP contribution in [0.15, 0.2) is 23.0 Å². The SMILES string of the molecule is CC.Cn1c(=O)c([B]OC(C)(C)C(C)(C)S)c(C(F)(F)F)c2cc([N+](=O)[O-])ccc21. The van der Waals surface area contributed by atoms with Gasteiger partial charge in [-0.1, -0.05) is 13.8 Å². The van der Waals surface area contributed by atoms with Crippen molar-refractivity contribution >= 4 is 42.2 Å². The number of nitrogens with zero attached hydrogens (tertiary/aromatic N) is 2. The molecule has 2 aromatic rings. The summed E-state index contributed by atoms with van der Waals surface area (Å²) < 4.78 is 47.4. The summed E-state index contributed by atoms with van der Waals surface area (Å²) in [4.78, 5) is 22.9. The van der Waals surface area contributed by atoms with Crippen molar-refractivity contribution in [2.24, 2.45) is 7.05 Å². The van der Waals surface area contributed by atoms with Crippen LogP contribution in [0.4, 0.5) is 18.9 Å². The number of aryl methyl sites for hydroxylation is 1. The minimum atomic E-state index is -4.93. The summed E-state index contributed by atoms with van der Waals surface area (Å²) in [5, 5.41) is 10.6. The highest BCUT2D eigenvalue weighted by Crippen LogP contribution is 2.35. The fourth-order valence-electron chi connectivity index (χ4n) is 2.44. The second-order valence-electron chi connectivity index (χ2n) is 7.41. The van der Waals surface area contributed by atoms with Crippen LogP contribution in [0.3, 0.4) is 0 Å². The molecule has 0 spiro atoms. The van der Waals surface area contributed by atoms with E-state index < -0.39 is 49.1 Å². The Morgan fingerprint density at radius 1 is 1.17 bits per heavy atom. The lowest BCUT2D eigenvalue weighted by Crippen LogP contribution is -2.50. The second kappa shape index (κ2) is 9.01. The monoisotopic (exact) mass is 445 g/mol. The summed E-state index contributed by atoms with van der Waals surface area (Å²) in [6.45, 7) is 10.7. The zero-order chi connectivity index (χ0) is 23.7. The number of fused-ring (bicyclic) bond motifs is 1. The third kappa shape index (κ3) is 5.18. The van der Waals surface area contributed by atoms with E-state index in [0.29, 0.717) is 0 Å². The summed E-state index contributed by atoms with van der Waals surface area (Å²) in [5.74, 6) is 0. The van der Waals surface area contributed by atoms with Crippen molar-refractivity contribution in [1.29, 1.82) is 0 Å². The number of hydrogen-bond acceptors (Lipinski definition) is 5. The van der Waals surface area contributed by atoms with Crippen LogP contribution in [-0.4, -0.2) is 27.3 Å². The van der Waals surface area contributed by atoms with Crippen molar-refractivity contribution in [2.45, 2.75) is 58.1 Å². The van der Waals surface area contributed by atoms with Gasteiger partial charge in [0.2, 0.25) is 5.56 Å². The molecule has 1 aromatic carbocycles. The molecule has 165 valence electrons. The first-order chi connectivity index (χ1) is 13.6. The van der Waals surface area contributed by atoms with Gasteiger partial charge in [0.25, 0.3) is 5.69 Å². The highest BCUT2D eigenvalue weighted by Gasteiger charge is 2.40. The Labute approximate surface area is 179 Å². The third-order valence-corrected chi connectivity index (χ3v) is 5.39. The topological polar surface area (TPSA) is 74.4 Å². The molecule has 2 rings (SSSR count). The van der Waals surface area contributed by atoms with Crippen LogP contribution in [0.5, 0.6) is 0 Å². The number of benzene rings is 1. The van der Waals surface area contributed by atoms with Crippen molar-refractivity contribution in [3.8, 4) is 0 Å². The molecule has 0 saturated heterocycles. The normalized spacial score (nSPS) is 12.4. The van der Waals surface area contributed by atoms with Crippen molar-refractivity contribution in [2.75, 3.05) is 0 Å². The first-order valence-corrected chi connectivity index (χ1v) is 9.64. The predicted molar refractivity (Wildman–Crippen MR) is 116 cm³/mol. The van der Waals surface area contributed by atoms with Gasteiger partial charge in [-0.25, -0.2) is 0 Å². The lowest BCUT2D eigenvalue weighted by molar-refractivity contribution is -0.384. The molecule has 11 heteroatoms. The molecule has 1 aromatic heterocycles. The summed E-state index contributed by atoms with van der Waals surface area (Å²) in [5.41, 5.74) is -4.53. The number of nitro groups is 1. The highest BCUT2D eigenvalue weighted by atomic mass is 32.1. The maximum Gasteiger partial charge on any atom is 0.416 e. The van der Waals surface area contributed by atoms with Gasteiger partial charge in [-0.15, -0.1) is 0 Å². The number of rotatable bonds is 5. The lowest BCUT2D eigenvalue weighted by atomic mass is 9.80. The van der Waals surface area contributed by atoms with E-state index in [9.17, 15) is 28.1 Å². The molecule has 0 atom stereocenters. The number of non-ortho nitro benzene ring substituents is 1. The summed E-state index contributed by atoms with van der Waals surface area (Å²) >= 11 is 4.38. The molecule has 0 amide bonds. The standard InChI is InChI=1S/C17H19BF3N2O4S.C2H6/c1-15(2,16(3,4)28)27-18-13-12(17(19,20)21)10-8-9(23(25)26)6-7-11(10)22(5)14(13)24;1-2/h6-8,28H,1-5H3;1-2H3. The molecule has 0 aliphatic heterocycles. The Morgan fingerprint density at radius 3 is 2.13 bits per heavy atom. The van der Waals surface area contributed by atoms with Gasteiger partial charge in [0.1, 0.15) is 0 Å². The Morgan fingerprint density at radius 2 is 1.70 bits per heavy atom. The van der Waals surface area contributed by atoms with E-state index >= 15 is 0 Å². The van der Waals surface area contributed by atoms with Crippen LogP contribution in [0, 0.1) is 10.1 Å². The number of hydrogen-bond donors (Lipinski definition) is 1. The summed E-state index contributed by atoms with van der Waals surface area (Å²) in [6.07, 6.45) is -4.93. The van der Waals surface area contributed by atoms with Gasteiger partial charge < -0.3 is 9.22 Å². The minimum Gasteiger partial charge on any atom is -0.428 e. The maximum absolute atomic E-state index is 13.9. The van der Waals surface area contributed by atoms with Gasteiger partial charge in [0.15, 0.2) is 0 Å². The number of pyridine rings is 1. The van der Waals surface area contributed by atoms with Crippen LogP contribution < -0.4 is 11.0 Å². The van der Waals surface area contributed by atoms with Crippen molar-refractivity contribution in [1.82, 2.24) is 4.57 Å². The molecule has 0 N–H and O–H groups in total. The molecule has 0 unspecified atom stereocenters. The Balaban J connectivity index is 0.00000218. The first-order valence-electron chi connectivity index (χ1n) is 9.19. The molecule has 30 heavy (non-hydrogen) atoms. The fraction of sp³-hybridized carbons (Fsp3) is 0.526. The molecule has 0 fully saturated rings. The van der Waals surface area contributed by atoms with Gasteiger partial charge in [-0.3, -0.25) is 14.9 Å². The molecular formula is C19H25BF3N2O4S. The van der Waals surface area contributed by atoms with E-state index in [1.165, 1.54) is 7.05 Å². The number of nitro benzene ring substituents is 1. The largest absolute Gasteiger partial charge is 0.428 e. The minimum absolute atomic E-state index is 0.0751. The molecule has 0 aliphatic carbocycles. The fourth-order valence-corrected chi connectivity index (χ4v) is 2.49. The molecule has 6 nitrogen and oxygen atoms in total. The van der Waals surface area contributed by atoms with E-state index in [0.717, 1.165) is 30.2 Å². The quantitative estimate of drug-likeness (QED) is 0.324. The smallest absolute Gasteiger partial charge is 0.416 e. The number of halogens is 3. The average Bonchev–Trinajstić information content (AvgIpc) is 2.62. The number of alkyl halides is 3. The first kappa shape index (κ1) is 26.0. The molecule has 0 aliphatic rings. The van der Waals surface area contributed by atoms with Crippen molar-refractivity contribution < 1.29 is 22.7 Å². The highest BCUT2D eigenvalue weighted by molar-refractivity contribution is 7.81. The van der Waals surface area contributed by atoms with E-state index in [1.54, 1.807) is 27.7 Å². The van der Waals surface area contributed by atoms with Crippen molar-refractivity contribution in [3.63, 3.8) is 0 Å². The van der Waals surface area contributed by atoms with E-state index in [1.807, 2.05) is 13.8 Å². The van der Waals surface area contributed by atoms with Gasteiger partial charge in [-0.05, 0) is 33.8 Å². The van der Waals surface area contributed by atoms with Crippen LogP contribution in [0.25, 0.3) is 10.9 Å². The maximum atomic E-state index is 13.9. The zero-order valence-corrected chi connectivity index (χ0v) is 18.8. The Kier molecular flexibility index (Phi) is 7.82. The average molecular weight is 445 g/mol. The molecule has 1 heterocycles. The van der Waals surface area contributed by atoms with Crippen molar-refractivity contribution in [3.05, 3.63) is 44.2 Å². The van der Waals surface area contributed by atoms with Gasteiger partial charge in [-0.2, -0.15) is 25.8 Å².